The van der Waals surface area contributed by atoms with E-state index in [0.29, 0.717) is 24.7 Å². The third-order valence-electron chi connectivity index (χ3n) is 7.62. The summed E-state index contributed by atoms with van der Waals surface area (Å²) in [4.78, 5) is 34.9. The number of carbonyl (C=O) groups excluding carboxylic acids is 1. The van der Waals surface area contributed by atoms with Crippen molar-refractivity contribution in [2.24, 2.45) is 0 Å². The van der Waals surface area contributed by atoms with Crippen molar-refractivity contribution in [2.75, 3.05) is 33.2 Å². The minimum atomic E-state index is -0.0375. The second-order valence-corrected chi connectivity index (χ2v) is 10.2. The molecule has 9 heteroatoms. The highest BCUT2D eigenvalue weighted by molar-refractivity contribution is 5.94. The van der Waals surface area contributed by atoms with E-state index in [-0.39, 0.29) is 5.91 Å². The normalized spacial score (nSPS) is 21.5. The van der Waals surface area contributed by atoms with Crippen molar-refractivity contribution < 1.29 is 4.79 Å². The first-order chi connectivity index (χ1) is 17.6. The minimum absolute atomic E-state index is 0.0375. The van der Waals surface area contributed by atoms with Crippen LogP contribution in [0.4, 0.5) is 0 Å². The van der Waals surface area contributed by atoms with E-state index in [4.69, 9.17) is 0 Å². The lowest BCUT2D eigenvalue weighted by Crippen LogP contribution is -2.50. The topological polar surface area (TPSA) is 96.2 Å². The molecule has 0 spiro atoms. The smallest absolute Gasteiger partial charge is 0.254 e. The van der Waals surface area contributed by atoms with Crippen molar-refractivity contribution in [1.29, 1.82) is 0 Å². The number of imidazole rings is 2. The molecule has 2 fully saturated rings. The molecule has 1 aromatic carbocycles. The Hall–Kier alpha value is -3.01. The number of hydrogen-bond donors (Lipinski definition) is 3. The van der Waals surface area contributed by atoms with Crippen molar-refractivity contribution in [2.45, 2.75) is 57.4 Å². The Bertz CT molecular complexity index is 1010. The van der Waals surface area contributed by atoms with Crippen LogP contribution in [0.2, 0.25) is 0 Å². The van der Waals surface area contributed by atoms with Crippen LogP contribution in [0.15, 0.2) is 49.1 Å². The zero-order chi connectivity index (χ0) is 24.7. The van der Waals surface area contributed by atoms with E-state index < -0.39 is 0 Å². The Morgan fingerprint density at radius 3 is 2.11 bits per heavy atom. The van der Waals surface area contributed by atoms with E-state index in [0.717, 1.165) is 24.2 Å². The monoisotopic (exact) mass is 490 g/mol. The van der Waals surface area contributed by atoms with Gasteiger partial charge in [-0.1, -0.05) is 12.1 Å². The van der Waals surface area contributed by atoms with Gasteiger partial charge in [0.25, 0.3) is 5.91 Å². The van der Waals surface area contributed by atoms with Crippen LogP contribution in [-0.2, 0) is 19.6 Å². The molecule has 5 rings (SSSR count). The summed E-state index contributed by atoms with van der Waals surface area (Å²) in [7, 11) is 2.22. The van der Waals surface area contributed by atoms with Gasteiger partial charge >= 0.3 is 0 Å². The number of carbonyl (C=O) groups is 1. The molecular formula is C27H38N8O. The van der Waals surface area contributed by atoms with E-state index in [1.807, 2.05) is 12.1 Å². The van der Waals surface area contributed by atoms with Gasteiger partial charge in [-0.05, 0) is 50.4 Å². The number of aromatic nitrogens is 4. The molecule has 9 nitrogen and oxygen atoms in total. The van der Waals surface area contributed by atoms with Gasteiger partial charge in [0.2, 0.25) is 0 Å². The summed E-state index contributed by atoms with van der Waals surface area (Å²) in [5.74, 6) is 1.46. The molecule has 1 aliphatic carbocycles. The maximum absolute atomic E-state index is 13.3. The average molecular weight is 491 g/mol. The largest absolute Gasteiger partial charge is 0.347 e. The lowest BCUT2D eigenvalue weighted by atomic mass is 9.89. The van der Waals surface area contributed by atoms with Gasteiger partial charge in [0.15, 0.2) is 0 Å². The number of piperazine rings is 1. The Morgan fingerprint density at radius 1 is 0.944 bits per heavy atom. The van der Waals surface area contributed by atoms with Crippen molar-refractivity contribution in [3.63, 3.8) is 0 Å². The van der Waals surface area contributed by atoms with Crippen LogP contribution in [-0.4, -0.2) is 85.9 Å². The fourth-order valence-electron chi connectivity index (χ4n) is 5.37. The third-order valence-corrected chi connectivity index (χ3v) is 7.62. The molecule has 0 atom stereocenters. The molecule has 36 heavy (non-hydrogen) atoms. The molecule has 3 N–H and O–H groups in total. The van der Waals surface area contributed by atoms with Crippen LogP contribution in [0.5, 0.6) is 0 Å². The first-order valence-electron chi connectivity index (χ1n) is 13.1. The minimum Gasteiger partial charge on any atom is -0.347 e. The summed E-state index contributed by atoms with van der Waals surface area (Å²) in [5.41, 5.74) is 1.88. The van der Waals surface area contributed by atoms with Crippen LogP contribution < -0.4 is 5.32 Å². The zero-order valence-corrected chi connectivity index (χ0v) is 21.2. The van der Waals surface area contributed by atoms with Gasteiger partial charge in [0.05, 0.1) is 13.1 Å². The standard InChI is InChI=1S/C27H38N8O/c1-33-14-16-34(17-15-33)24-8-6-23(7-9-24)32-18-21-2-4-22(5-3-21)27(36)35(19-25-28-10-11-29-25)20-26-30-12-13-31-26/h2-5,10-13,23-24,32H,6-9,14-20H2,1H3,(H,28,29)(H,30,31). The number of benzene rings is 1. The molecule has 1 aliphatic heterocycles. The van der Waals surface area contributed by atoms with Gasteiger partial charge in [0.1, 0.15) is 11.6 Å². The maximum Gasteiger partial charge on any atom is 0.254 e. The molecule has 1 saturated heterocycles. The van der Waals surface area contributed by atoms with E-state index in [9.17, 15) is 4.79 Å². The summed E-state index contributed by atoms with van der Waals surface area (Å²) in [5, 5.41) is 3.75. The second kappa shape index (κ2) is 11.8. The van der Waals surface area contributed by atoms with E-state index >= 15 is 0 Å². The van der Waals surface area contributed by atoms with Gasteiger partial charge in [-0.3, -0.25) is 9.69 Å². The molecule has 0 radical (unpaired) electrons. The first kappa shape index (κ1) is 24.7. The summed E-state index contributed by atoms with van der Waals surface area (Å²) >= 11 is 0. The number of nitrogens with zero attached hydrogens (tertiary/aromatic N) is 5. The highest BCUT2D eigenvalue weighted by atomic mass is 16.2. The highest BCUT2D eigenvalue weighted by Gasteiger charge is 2.27. The fraction of sp³-hybridized carbons (Fsp3) is 0.519. The summed E-state index contributed by atoms with van der Waals surface area (Å²) in [6.45, 7) is 6.44. The molecule has 2 aromatic heterocycles. The second-order valence-electron chi connectivity index (χ2n) is 10.2. The molecule has 1 saturated carbocycles. The molecule has 2 aliphatic rings. The number of nitrogens with one attached hydrogen (secondary N) is 3. The summed E-state index contributed by atoms with van der Waals surface area (Å²) in [6.07, 6.45) is 12.0. The fourth-order valence-corrected chi connectivity index (χ4v) is 5.37. The molecule has 0 bridgehead atoms. The lowest BCUT2D eigenvalue weighted by molar-refractivity contribution is 0.0721. The predicted octanol–water partition coefficient (Wildman–Crippen LogP) is 2.62. The van der Waals surface area contributed by atoms with Crippen molar-refractivity contribution >= 4 is 5.91 Å². The quantitative estimate of drug-likeness (QED) is 0.427. The molecular weight excluding hydrogens is 452 g/mol. The SMILES string of the molecule is CN1CCN(C2CCC(NCc3ccc(C(=O)N(Cc4ncc[nH]4)Cc4ncc[nH]4)cc3)CC2)CC1. The van der Waals surface area contributed by atoms with Gasteiger partial charge in [-0.25, -0.2) is 9.97 Å². The number of rotatable bonds is 9. The summed E-state index contributed by atoms with van der Waals surface area (Å²) in [6, 6.07) is 9.32. The molecule has 1 amide bonds. The molecule has 3 aromatic rings. The zero-order valence-electron chi connectivity index (χ0n) is 21.2. The molecule has 0 unspecified atom stereocenters. The number of hydrogen-bond acceptors (Lipinski definition) is 6. The number of amides is 1. The Kier molecular flexibility index (Phi) is 8.10. The summed E-state index contributed by atoms with van der Waals surface area (Å²) < 4.78 is 0. The predicted molar refractivity (Wildman–Crippen MR) is 139 cm³/mol. The number of aromatic amines is 2. The van der Waals surface area contributed by atoms with Crippen LogP contribution in [0, 0.1) is 0 Å². The average Bonchev–Trinajstić information content (AvgIpc) is 3.63. The van der Waals surface area contributed by atoms with Crippen molar-refractivity contribution in [1.82, 2.24) is 40.0 Å². The molecule has 3 heterocycles. The van der Waals surface area contributed by atoms with Crippen molar-refractivity contribution in [3.05, 3.63) is 71.8 Å². The third kappa shape index (κ3) is 6.40. The van der Waals surface area contributed by atoms with Crippen LogP contribution in [0.3, 0.4) is 0 Å². The van der Waals surface area contributed by atoms with Gasteiger partial charge in [-0.2, -0.15) is 0 Å². The Morgan fingerprint density at radius 2 is 1.56 bits per heavy atom. The number of H-pyrrole nitrogens is 2. The van der Waals surface area contributed by atoms with Gasteiger partial charge in [0, 0.05) is 75.2 Å². The van der Waals surface area contributed by atoms with E-state index in [1.165, 1.54) is 57.4 Å². The lowest BCUT2D eigenvalue weighted by Gasteiger charge is -2.41. The maximum atomic E-state index is 13.3. The molecule has 192 valence electrons. The highest BCUT2D eigenvalue weighted by Crippen LogP contribution is 2.24. The van der Waals surface area contributed by atoms with E-state index in [1.54, 1.807) is 29.7 Å². The van der Waals surface area contributed by atoms with Gasteiger partial charge < -0.3 is 25.1 Å². The Balaban J connectivity index is 1.12. The number of likely N-dealkylation sites (N-methyl/N-ethyl adjacent to an activating group) is 1. The van der Waals surface area contributed by atoms with Crippen LogP contribution in [0.1, 0.15) is 53.3 Å². The van der Waals surface area contributed by atoms with Crippen LogP contribution in [0.25, 0.3) is 0 Å². The first-order valence-corrected chi connectivity index (χ1v) is 13.1. The van der Waals surface area contributed by atoms with Gasteiger partial charge in [-0.15, -0.1) is 0 Å². The Labute approximate surface area is 213 Å². The van der Waals surface area contributed by atoms with Crippen molar-refractivity contribution in [3.8, 4) is 0 Å². The van der Waals surface area contributed by atoms with E-state index in [2.05, 4.69) is 54.2 Å². The van der Waals surface area contributed by atoms with Crippen LogP contribution >= 0.6 is 0 Å².